The molecule has 1 aliphatic heterocycles. The molecule has 1 aliphatic rings. The van der Waals surface area contributed by atoms with Gasteiger partial charge in [0, 0.05) is 35.9 Å². The standard InChI is InChI=1S/C17H18BrN3O3/c18-14-4-5-17(21(22)23)16(11-14)19-15-3-1-2-13(10-15)12-20-6-8-24-9-7-20/h1-5,10-11,19H,6-9,12H2. The average Bonchev–Trinajstić information content (AvgIpc) is 2.56. The van der Waals surface area contributed by atoms with Gasteiger partial charge >= 0.3 is 0 Å². The van der Waals surface area contributed by atoms with Gasteiger partial charge in [0.05, 0.1) is 18.1 Å². The van der Waals surface area contributed by atoms with E-state index in [1.807, 2.05) is 18.2 Å². The van der Waals surface area contributed by atoms with Gasteiger partial charge in [-0.2, -0.15) is 0 Å². The second-order valence-corrected chi connectivity index (χ2v) is 6.55. The quantitative estimate of drug-likeness (QED) is 0.617. The van der Waals surface area contributed by atoms with Gasteiger partial charge in [-0.3, -0.25) is 15.0 Å². The van der Waals surface area contributed by atoms with Crippen molar-refractivity contribution in [3.05, 3.63) is 62.6 Å². The number of nitrogens with zero attached hydrogens (tertiary/aromatic N) is 2. The Balaban J connectivity index is 1.77. The fourth-order valence-electron chi connectivity index (χ4n) is 2.69. The monoisotopic (exact) mass is 391 g/mol. The van der Waals surface area contributed by atoms with Crippen LogP contribution in [-0.2, 0) is 11.3 Å². The number of rotatable bonds is 5. The normalized spacial score (nSPS) is 15.2. The van der Waals surface area contributed by atoms with Gasteiger partial charge in [0.25, 0.3) is 5.69 Å². The molecule has 0 bridgehead atoms. The minimum absolute atomic E-state index is 0.0526. The van der Waals surface area contributed by atoms with Gasteiger partial charge in [0.15, 0.2) is 0 Å². The fourth-order valence-corrected chi connectivity index (χ4v) is 3.05. The first-order chi connectivity index (χ1) is 11.6. The highest BCUT2D eigenvalue weighted by Crippen LogP contribution is 2.30. The summed E-state index contributed by atoms with van der Waals surface area (Å²) in [5, 5.41) is 14.3. The van der Waals surface area contributed by atoms with Gasteiger partial charge in [0.2, 0.25) is 0 Å². The first kappa shape index (κ1) is 16.9. The van der Waals surface area contributed by atoms with E-state index < -0.39 is 0 Å². The number of nitro groups is 1. The third-order valence-corrected chi connectivity index (χ3v) is 4.36. The van der Waals surface area contributed by atoms with E-state index in [2.05, 4.69) is 32.2 Å². The molecule has 2 aromatic rings. The third-order valence-electron chi connectivity index (χ3n) is 3.87. The van der Waals surface area contributed by atoms with Crippen LogP contribution in [0.1, 0.15) is 5.56 Å². The summed E-state index contributed by atoms with van der Waals surface area (Å²) in [5.74, 6) is 0. The molecule has 6 nitrogen and oxygen atoms in total. The van der Waals surface area contributed by atoms with Crippen molar-refractivity contribution in [2.45, 2.75) is 6.54 Å². The predicted octanol–water partition coefficient (Wildman–Crippen LogP) is 3.93. The van der Waals surface area contributed by atoms with E-state index in [0.29, 0.717) is 5.69 Å². The van der Waals surface area contributed by atoms with E-state index in [4.69, 9.17) is 4.74 Å². The Morgan fingerprint density at radius 1 is 1.21 bits per heavy atom. The number of halogens is 1. The van der Waals surface area contributed by atoms with Crippen LogP contribution < -0.4 is 5.32 Å². The molecular formula is C17H18BrN3O3. The molecule has 3 rings (SSSR count). The Hall–Kier alpha value is -1.96. The van der Waals surface area contributed by atoms with E-state index in [0.717, 1.165) is 43.0 Å². The molecule has 1 heterocycles. The van der Waals surface area contributed by atoms with Crippen molar-refractivity contribution in [1.29, 1.82) is 0 Å². The van der Waals surface area contributed by atoms with Crippen LogP contribution in [0.5, 0.6) is 0 Å². The largest absolute Gasteiger partial charge is 0.379 e. The topological polar surface area (TPSA) is 67.6 Å². The molecule has 0 aromatic heterocycles. The second kappa shape index (κ2) is 7.74. The summed E-state index contributed by atoms with van der Waals surface area (Å²) in [7, 11) is 0. The molecule has 0 aliphatic carbocycles. The Kier molecular flexibility index (Phi) is 5.44. The summed E-state index contributed by atoms with van der Waals surface area (Å²) in [6.07, 6.45) is 0. The number of morpholine rings is 1. The molecule has 1 N–H and O–H groups in total. The summed E-state index contributed by atoms with van der Waals surface area (Å²) in [4.78, 5) is 13.1. The SMILES string of the molecule is O=[N+]([O-])c1ccc(Br)cc1Nc1cccc(CN2CCOCC2)c1. The lowest BCUT2D eigenvalue weighted by Crippen LogP contribution is -2.35. The highest BCUT2D eigenvalue weighted by molar-refractivity contribution is 9.10. The average molecular weight is 392 g/mol. The molecule has 126 valence electrons. The zero-order valence-corrected chi connectivity index (χ0v) is 14.7. The lowest BCUT2D eigenvalue weighted by atomic mass is 10.1. The number of ether oxygens (including phenoxy) is 1. The van der Waals surface area contributed by atoms with Crippen molar-refractivity contribution in [3.8, 4) is 0 Å². The third kappa shape index (κ3) is 4.31. The van der Waals surface area contributed by atoms with Crippen molar-refractivity contribution in [2.75, 3.05) is 31.6 Å². The van der Waals surface area contributed by atoms with Crippen molar-refractivity contribution in [2.24, 2.45) is 0 Å². The molecule has 0 unspecified atom stereocenters. The maximum Gasteiger partial charge on any atom is 0.292 e. The van der Waals surface area contributed by atoms with E-state index in [9.17, 15) is 10.1 Å². The molecular weight excluding hydrogens is 374 g/mol. The van der Waals surface area contributed by atoms with Crippen LogP contribution in [0.2, 0.25) is 0 Å². The van der Waals surface area contributed by atoms with Crippen molar-refractivity contribution < 1.29 is 9.66 Å². The summed E-state index contributed by atoms with van der Waals surface area (Å²) in [6.45, 7) is 4.23. The van der Waals surface area contributed by atoms with Gasteiger partial charge in [-0.15, -0.1) is 0 Å². The lowest BCUT2D eigenvalue weighted by molar-refractivity contribution is -0.383. The van der Waals surface area contributed by atoms with E-state index >= 15 is 0 Å². The van der Waals surface area contributed by atoms with Crippen LogP contribution in [0.25, 0.3) is 0 Å². The molecule has 2 aromatic carbocycles. The highest BCUT2D eigenvalue weighted by Gasteiger charge is 2.15. The van der Waals surface area contributed by atoms with Gasteiger partial charge in [0.1, 0.15) is 5.69 Å². The van der Waals surface area contributed by atoms with Crippen LogP contribution in [-0.4, -0.2) is 36.1 Å². The van der Waals surface area contributed by atoms with Gasteiger partial charge in [-0.05, 0) is 29.8 Å². The van der Waals surface area contributed by atoms with E-state index in [1.165, 1.54) is 11.6 Å². The van der Waals surface area contributed by atoms with E-state index in [-0.39, 0.29) is 10.6 Å². The number of benzene rings is 2. The van der Waals surface area contributed by atoms with Crippen LogP contribution in [0.15, 0.2) is 46.9 Å². The summed E-state index contributed by atoms with van der Waals surface area (Å²) in [6, 6.07) is 12.8. The van der Waals surface area contributed by atoms with Gasteiger partial charge < -0.3 is 10.1 Å². The molecule has 0 saturated carbocycles. The summed E-state index contributed by atoms with van der Waals surface area (Å²) in [5.41, 5.74) is 2.52. The molecule has 0 radical (unpaired) electrons. The molecule has 0 atom stereocenters. The van der Waals surface area contributed by atoms with Crippen LogP contribution in [0.3, 0.4) is 0 Å². The molecule has 0 amide bonds. The Bertz CT molecular complexity index is 733. The number of anilines is 2. The first-order valence-electron chi connectivity index (χ1n) is 7.72. The number of hydrogen-bond acceptors (Lipinski definition) is 5. The Labute approximate surface area is 148 Å². The maximum atomic E-state index is 11.2. The first-order valence-corrected chi connectivity index (χ1v) is 8.51. The van der Waals surface area contributed by atoms with Crippen molar-refractivity contribution in [1.82, 2.24) is 4.90 Å². The predicted molar refractivity (Wildman–Crippen MR) is 96.6 cm³/mol. The molecule has 1 fully saturated rings. The summed E-state index contributed by atoms with van der Waals surface area (Å²) < 4.78 is 6.16. The number of nitro benzene ring substituents is 1. The number of hydrogen-bond donors (Lipinski definition) is 1. The fraction of sp³-hybridized carbons (Fsp3) is 0.294. The molecule has 24 heavy (non-hydrogen) atoms. The minimum atomic E-state index is -0.383. The zero-order chi connectivity index (χ0) is 16.9. The molecule has 0 spiro atoms. The minimum Gasteiger partial charge on any atom is -0.379 e. The molecule has 7 heteroatoms. The Morgan fingerprint density at radius 2 is 2.00 bits per heavy atom. The second-order valence-electron chi connectivity index (χ2n) is 5.63. The highest BCUT2D eigenvalue weighted by atomic mass is 79.9. The summed E-state index contributed by atoms with van der Waals surface area (Å²) >= 11 is 3.36. The van der Waals surface area contributed by atoms with Crippen LogP contribution in [0.4, 0.5) is 17.1 Å². The van der Waals surface area contributed by atoms with E-state index in [1.54, 1.807) is 12.1 Å². The Morgan fingerprint density at radius 3 is 2.75 bits per heavy atom. The maximum absolute atomic E-state index is 11.2. The molecule has 1 saturated heterocycles. The van der Waals surface area contributed by atoms with Crippen LogP contribution in [0, 0.1) is 10.1 Å². The van der Waals surface area contributed by atoms with Gasteiger partial charge in [-0.1, -0.05) is 28.1 Å². The van der Waals surface area contributed by atoms with Crippen LogP contribution >= 0.6 is 15.9 Å². The zero-order valence-electron chi connectivity index (χ0n) is 13.1. The smallest absolute Gasteiger partial charge is 0.292 e. The van der Waals surface area contributed by atoms with Gasteiger partial charge in [-0.25, -0.2) is 0 Å². The van der Waals surface area contributed by atoms with Crippen molar-refractivity contribution in [3.63, 3.8) is 0 Å². The number of nitrogens with one attached hydrogen (secondary N) is 1. The van der Waals surface area contributed by atoms with Crippen molar-refractivity contribution >= 4 is 33.0 Å². The lowest BCUT2D eigenvalue weighted by Gasteiger charge is -2.26.